The minimum absolute atomic E-state index is 0.148. The van der Waals surface area contributed by atoms with Crippen LogP contribution in [0.5, 0.6) is 5.75 Å². The lowest BCUT2D eigenvalue weighted by Gasteiger charge is -2.34. The van der Waals surface area contributed by atoms with Gasteiger partial charge >= 0.3 is 0 Å². The van der Waals surface area contributed by atoms with Crippen molar-refractivity contribution in [3.8, 4) is 5.75 Å². The van der Waals surface area contributed by atoms with Crippen molar-refractivity contribution >= 4 is 49.8 Å². The van der Waals surface area contributed by atoms with Crippen molar-refractivity contribution < 1.29 is 17.9 Å². The first-order chi connectivity index (χ1) is 15.4. The largest absolute Gasteiger partial charge is 0.476 e. The molecule has 0 aliphatic carbocycles. The van der Waals surface area contributed by atoms with Gasteiger partial charge in [-0.25, -0.2) is 8.42 Å². The summed E-state index contributed by atoms with van der Waals surface area (Å²) < 4.78 is 34.7. The molecular weight excluding hydrogens is 468 g/mol. The smallest absolute Gasteiger partial charge is 0.269 e. The summed E-state index contributed by atoms with van der Waals surface area (Å²) in [6.07, 6.45) is -0.0359. The number of aromatic nitrogens is 2. The van der Waals surface area contributed by atoms with E-state index in [9.17, 15) is 13.2 Å². The van der Waals surface area contributed by atoms with Gasteiger partial charge in [-0.15, -0.1) is 10.2 Å². The van der Waals surface area contributed by atoms with Crippen LogP contribution in [0.15, 0.2) is 57.8 Å². The number of nitrogens with one attached hydrogen (secondary N) is 1. The summed E-state index contributed by atoms with van der Waals surface area (Å²) in [7, 11) is -3.89. The Kier molecular flexibility index (Phi) is 6.68. The highest BCUT2D eigenvalue weighted by Crippen LogP contribution is 2.38. The van der Waals surface area contributed by atoms with Crippen molar-refractivity contribution in [1.82, 2.24) is 10.2 Å². The minimum atomic E-state index is -3.89. The number of fused-ring (bicyclic) bond motifs is 1. The quantitative estimate of drug-likeness (QED) is 0.395. The van der Waals surface area contributed by atoms with Gasteiger partial charge in [0.2, 0.25) is 5.13 Å². The van der Waals surface area contributed by atoms with Crippen molar-refractivity contribution in [3.05, 3.63) is 54.1 Å². The van der Waals surface area contributed by atoms with E-state index in [-0.39, 0.29) is 11.4 Å². The monoisotopic (exact) mass is 490 g/mol. The molecule has 11 heteroatoms. The molecule has 2 aromatic carbocycles. The maximum Gasteiger partial charge on any atom is 0.269 e. The number of benzene rings is 2. The summed E-state index contributed by atoms with van der Waals surface area (Å²) in [6.45, 7) is 3.79. The second-order valence-electron chi connectivity index (χ2n) is 7.14. The van der Waals surface area contributed by atoms with Gasteiger partial charge in [0.25, 0.3) is 15.9 Å². The molecule has 0 unspecified atom stereocenters. The number of aryl methyl sites for hydroxylation is 1. The average molecular weight is 491 g/mol. The van der Waals surface area contributed by atoms with Gasteiger partial charge in [0, 0.05) is 5.75 Å². The zero-order valence-corrected chi connectivity index (χ0v) is 20.0. The Morgan fingerprint density at radius 3 is 2.78 bits per heavy atom. The number of carbonyl (C=O) groups excluding carboxylic acids is 1. The van der Waals surface area contributed by atoms with Crippen LogP contribution in [0.2, 0.25) is 0 Å². The molecule has 0 saturated carbocycles. The summed E-state index contributed by atoms with van der Waals surface area (Å²) in [5.41, 5.74) is 1.29. The molecule has 4 rings (SSSR count). The predicted molar refractivity (Wildman–Crippen MR) is 126 cm³/mol. The highest BCUT2D eigenvalue weighted by atomic mass is 32.2. The summed E-state index contributed by atoms with van der Waals surface area (Å²) in [4.78, 5) is 13.1. The van der Waals surface area contributed by atoms with Crippen molar-refractivity contribution in [3.63, 3.8) is 0 Å². The Hall–Kier alpha value is -2.63. The summed E-state index contributed by atoms with van der Waals surface area (Å²) in [6, 6.07) is 13.4. The molecule has 0 spiro atoms. The standard InChI is InChI=1S/C21H22N4O4S3/c1-3-11-30-21-24-23-20(31-21)22-19(26)18-13-25(16-12-14(2)9-10-17(16)29-18)32(27,28)15-7-5-4-6-8-15/h4-10,12,18H,3,11,13H2,1-2H3,(H,22,23,26)/t18-/m1/s1. The van der Waals surface area contributed by atoms with Gasteiger partial charge in [0.15, 0.2) is 10.4 Å². The van der Waals surface area contributed by atoms with Crippen LogP contribution >= 0.6 is 23.1 Å². The van der Waals surface area contributed by atoms with E-state index in [0.717, 1.165) is 22.1 Å². The van der Waals surface area contributed by atoms with Crippen LogP contribution in [0, 0.1) is 6.92 Å². The fraction of sp³-hybridized carbons (Fsp3) is 0.286. The first-order valence-corrected chi connectivity index (χ1v) is 13.2. The molecule has 0 fully saturated rings. The molecule has 0 radical (unpaired) electrons. The van der Waals surface area contributed by atoms with Crippen LogP contribution in [-0.4, -0.2) is 42.9 Å². The van der Waals surface area contributed by atoms with E-state index in [2.05, 4.69) is 22.4 Å². The van der Waals surface area contributed by atoms with E-state index < -0.39 is 22.0 Å². The maximum atomic E-state index is 13.4. The molecule has 1 N–H and O–H groups in total. The second-order valence-corrected chi connectivity index (χ2v) is 11.3. The van der Waals surface area contributed by atoms with Gasteiger partial charge in [0.05, 0.1) is 17.1 Å². The van der Waals surface area contributed by atoms with E-state index in [1.165, 1.54) is 27.8 Å². The summed E-state index contributed by atoms with van der Waals surface area (Å²) in [5.74, 6) is 0.766. The zero-order chi connectivity index (χ0) is 22.7. The molecule has 32 heavy (non-hydrogen) atoms. The van der Waals surface area contributed by atoms with Gasteiger partial charge in [-0.1, -0.05) is 54.3 Å². The molecule has 1 amide bonds. The highest BCUT2D eigenvalue weighted by molar-refractivity contribution is 8.01. The third-order valence-corrected chi connectivity index (χ3v) is 8.65. The van der Waals surface area contributed by atoms with Crippen LogP contribution in [0.25, 0.3) is 0 Å². The van der Waals surface area contributed by atoms with Crippen molar-refractivity contribution in [1.29, 1.82) is 0 Å². The molecule has 8 nitrogen and oxygen atoms in total. The highest BCUT2D eigenvalue weighted by Gasteiger charge is 2.38. The van der Waals surface area contributed by atoms with Crippen LogP contribution in [0.1, 0.15) is 18.9 Å². The van der Waals surface area contributed by atoms with Crippen LogP contribution < -0.4 is 14.4 Å². The molecule has 168 valence electrons. The summed E-state index contributed by atoms with van der Waals surface area (Å²) in [5, 5.41) is 11.1. The third kappa shape index (κ3) is 4.74. The van der Waals surface area contributed by atoms with Gasteiger partial charge in [-0.3, -0.25) is 14.4 Å². The lowest BCUT2D eigenvalue weighted by molar-refractivity contribution is -0.122. The molecule has 0 bridgehead atoms. The van der Waals surface area contributed by atoms with Crippen molar-refractivity contribution in [2.24, 2.45) is 0 Å². The van der Waals surface area contributed by atoms with Crippen molar-refractivity contribution in [2.45, 2.75) is 35.6 Å². The molecule has 0 saturated heterocycles. The number of nitrogens with zero attached hydrogens (tertiary/aromatic N) is 3. The molecule has 1 aliphatic heterocycles. The van der Waals surface area contributed by atoms with Crippen LogP contribution in [0.4, 0.5) is 10.8 Å². The first-order valence-electron chi connectivity index (χ1n) is 10.0. The lowest BCUT2D eigenvalue weighted by atomic mass is 10.1. The van der Waals surface area contributed by atoms with Crippen LogP contribution in [-0.2, 0) is 14.8 Å². The summed E-state index contributed by atoms with van der Waals surface area (Å²) >= 11 is 2.85. The number of sulfonamides is 1. The molecule has 3 aromatic rings. The fourth-order valence-corrected chi connectivity index (χ4v) is 6.31. The number of amides is 1. The Morgan fingerprint density at radius 2 is 2.03 bits per heavy atom. The van der Waals surface area contributed by atoms with E-state index in [0.29, 0.717) is 16.6 Å². The second kappa shape index (κ2) is 9.47. The number of rotatable bonds is 7. The third-order valence-electron chi connectivity index (χ3n) is 4.67. The number of anilines is 2. The van der Waals surface area contributed by atoms with Gasteiger partial charge in [0.1, 0.15) is 5.75 Å². The van der Waals surface area contributed by atoms with E-state index in [1.807, 2.05) is 13.0 Å². The Morgan fingerprint density at radius 1 is 1.25 bits per heavy atom. The SMILES string of the molecule is CCCSc1nnc(NC(=O)[C@H]2CN(S(=O)(=O)c3ccccc3)c3cc(C)ccc3O2)s1. The number of thioether (sulfide) groups is 1. The van der Waals surface area contributed by atoms with Crippen LogP contribution in [0.3, 0.4) is 0 Å². The Balaban J connectivity index is 1.61. The molecule has 1 atom stereocenters. The molecular formula is C21H22N4O4S3. The normalized spacial score (nSPS) is 15.7. The van der Waals surface area contributed by atoms with Gasteiger partial charge in [-0.2, -0.15) is 0 Å². The number of hydrogen-bond acceptors (Lipinski definition) is 8. The van der Waals surface area contributed by atoms with E-state index in [4.69, 9.17) is 4.74 Å². The van der Waals surface area contributed by atoms with E-state index in [1.54, 1.807) is 42.1 Å². The fourth-order valence-electron chi connectivity index (χ4n) is 3.14. The molecule has 2 heterocycles. The average Bonchev–Trinajstić information content (AvgIpc) is 3.24. The first kappa shape index (κ1) is 22.6. The number of ether oxygens (including phenoxy) is 1. The molecule has 1 aromatic heterocycles. The Labute approximate surface area is 195 Å². The topological polar surface area (TPSA) is 101 Å². The van der Waals surface area contributed by atoms with Crippen molar-refractivity contribution in [2.75, 3.05) is 21.9 Å². The van der Waals surface area contributed by atoms with E-state index >= 15 is 0 Å². The maximum absolute atomic E-state index is 13.4. The lowest BCUT2D eigenvalue weighted by Crippen LogP contribution is -2.48. The zero-order valence-electron chi connectivity index (χ0n) is 17.5. The Bertz CT molecular complexity index is 1210. The minimum Gasteiger partial charge on any atom is -0.476 e. The van der Waals surface area contributed by atoms with Gasteiger partial charge < -0.3 is 4.74 Å². The predicted octanol–water partition coefficient (Wildman–Crippen LogP) is 3.94. The number of hydrogen-bond donors (Lipinski definition) is 1. The number of carbonyl (C=O) groups is 1. The molecule has 1 aliphatic rings. The van der Waals surface area contributed by atoms with Gasteiger partial charge in [-0.05, 0) is 43.2 Å².